The van der Waals surface area contributed by atoms with Crippen LogP contribution >= 0.6 is 0 Å². The lowest BCUT2D eigenvalue weighted by molar-refractivity contribution is 1.42. The number of hydrogen-bond acceptors (Lipinski definition) is 2. The monoisotopic (exact) mass is 162 g/mol. The fourth-order valence-corrected chi connectivity index (χ4v) is 1.10. The molecule has 0 atom stereocenters. The van der Waals surface area contributed by atoms with Crippen LogP contribution in [0.4, 0.5) is 11.4 Å². The molecule has 12 heavy (non-hydrogen) atoms. The molecule has 2 N–H and O–H groups in total. The highest BCUT2D eigenvalue weighted by atomic mass is 14.9. The molecule has 2 nitrogen and oxygen atoms in total. The molecule has 1 rings (SSSR count). The second kappa shape index (κ2) is 3.81. The molecule has 0 fully saturated rings. The molecule has 0 saturated carbocycles. The Morgan fingerprint density at radius 2 is 2.08 bits per heavy atom. The number of benzene rings is 1. The van der Waals surface area contributed by atoms with E-state index in [1.807, 2.05) is 13.1 Å². The van der Waals surface area contributed by atoms with E-state index in [2.05, 4.69) is 36.3 Å². The zero-order valence-electron chi connectivity index (χ0n) is 7.52. The molecule has 1 aromatic rings. The number of rotatable bonds is 3. The highest BCUT2D eigenvalue weighted by Gasteiger charge is 1.97. The topological polar surface area (TPSA) is 24.1 Å². The van der Waals surface area contributed by atoms with Gasteiger partial charge in [-0.25, -0.2) is 0 Å². The molecule has 0 aliphatic carbocycles. The first-order valence-corrected chi connectivity index (χ1v) is 3.93. The van der Waals surface area contributed by atoms with Crippen LogP contribution in [0.2, 0.25) is 0 Å². The van der Waals surface area contributed by atoms with Crippen LogP contribution in [0, 0.1) is 6.92 Å². The lowest BCUT2D eigenvalue weighted by Gasteiger charge is -2.08. The average Bonchev–Trinajstić information content (AvgIpc) is 2.08. The Bertz CT molecular complexity index is 279. The fourth-order valence-electron chi connectivity index (χ4n) is 1.10. The van der Waals surface area contributed by atoms with Gasteiger partial charge in [0.2, 0.25) is 0 Å². The summed E-state index contributed by atoms with van der Waals surface area (Å²) in [6.45, 7) is 5.68. The van der Waals surface area contributed by atoms with Gasteiger partial charge in [0, 0.05) is 7.05 Å². The van der Waals surface area contributed by atoms with Crippen molar-refractivity contribution in [1.29, 1.82) is 0 Å². The van der Waals surface area contributed by atoms with E-state index < -0.39 is 0 Å². The molecular formula is C10H14N2. The average molecular weight is 162 g/mol. The first kappa shape index (κ1) is 8.65. The summed E-state index contributed by atoms with van der Waals surface area (Å²) in [5, 5.41) is 6.17. The minimum Gasteiger partial charge on any atom is -0.386 e. The fraction of sp³-hybridized carbons (Fsp3) is 0.200. The molecule has 0 unspecified atom stereocenters. The molecule has 0 aliphatic heterocycles. The molecule has 64 valence electrons. The molecule has 2 heteroatoms. The number of aryl methyl sites for hydroxylation is 1. The summed E-state index contributed by atoms with van der Waals surface area (Å²) < 4.78 is 0. The third-order valence-electron chi connectivity index (χ3n) is 1.70. The Kier molecular flexibility index (Phi) is 2.75. The van der Waals surface area contributed by atoms with Crippen LogP contribution in [0.25, 0.3) is 0 Å². The predicted octanol–water partition coefficient (Wildman–Crippen LogP) is 2.59. The molecule has 0 heterocycles. The van der Waals surface area contributed by atoms with Crippen LogP contribution < -0.4 is 10.6 Å². The van der Waals surface area contributed by atoms with Crippen molar-refractivity contribution in [2.75, 3.05) is 17.7 Å². The lowest BCUT2D eigenvalue weighted by Crippen LogP contribution is -1.95. The predicted molar refractivity (Wildman–Crippen MR) is 54.5 cm³/mol. The summed E-state index contributed by atoms with van der Waals surface area (Å²) in [6, 6.07) is 6.18. The minimum absolute atomic E-state index is 1.05. The van der Waals surface area contributed by atoms with Crippen molar-refractivity contribution >= 4 is 11.4 Å². The van der Waals surface area contributed by atoms with Gasteiger partial charge in [0.1, 0.15) is 0 Å². The van der Waals surface area contributed by atoms with Crippen LogP contribution in [0.15, 0.2) is 31.0 Å². The Balaban J connectivity index is 3.01. The Hall–Kier alpha value is -1.44. The van der Waals surface area contributed by atoms with Gasteiger partial charge in [-0.15, -0.1) is 0 Å². The Morgan fingerprint density at radius 3 is 2.67 bits per heavy atom. The molecule has 0 saturated heterocycles. The van der Waals surface area contributed by atoms with Crippen LogP contribution in [-0.4, -0.2) is 7.05 Å². The van der Waals surface area contributed by atoms with Crippen molar-refractivity contribution in [3.63, 3.8) is 0 Å². The molecule has 0 aliphatic rings. The Labute approximate surface area is 73.3 Å². The number of hydrogen-bond donors (Lipinski definition) is 2. The van der Waals surface area contributed by atoms with E-state index in [9.17, 15) is 0 Å². The van der Waals surface area contributed by atoms with Crippen LogP contribution in [-0.2, 0) is 0 Å². The summed E-state index contributed by atoms with van der Waals surface area (Å²) in [7, 11) is 1.91. The standard InChI is InChI=1S/C10H14N2/c1-4-12-9-6-5-8(2)7-10(9)11-3/h4-7,11-12H,1H2,2-3H3. The van der Waals surface area contributed by atoms with Crippen molar-refractivity contribution in [2.24, 2.45) is 0 Å². The van der Waals surface area contributed by atoms with Gasteiger partial charge in [-0.1, -0.05) is 12.6 Å². The van der Waals surface area contributed by atoms with Gasteiger partial charge in [0.15, 0.2) is 0 Å². The first-order chi connectivity index (χ1) is 5.77. The van der Waals surface area contributed by atoms with E-state index >= 15 is 0 Å². The van der Waals surface area contributed by atoms with Gasteiger partial charge in [-0.3, -0.25) is 0 Å². The van der Waals surface area contributed by atoms with E-state index in [1.54, 1.807) is 6.20 Å². The summed E-state index contributed by atoms with van der Waals surface area (Å²) >= 11 is 0. The second-order valence-electron chi connectivity index (χ2n) is 2.65. The maximum Gasteiger partial charge on any atom is 0.0615 e. The van der Waals surface area contributed by atoms with Gasteiger partial charge >= 0.3 is 0 Å². The minimum atomic E-state index is 1.05. The molecular weight excluding hydrogens is 148 g/mol. The van der Waals surface area contributed by atoms with E-state index in [0.717, 1.165) is 11.4 Å². The van der Waals surface area contributed by atoms with Gasteiger partial charge in [0.05, 0.1) is 11.4 Å². The SMILES string of the molecule is C=CNc1ccc(C)cc1NC. The van der Waals surface area contributed by atoms with Gasteiger partial charge in [-0.05, 0) is 30.8 Å². The smallest absolute Gasteiger partial charge is 0.0615 e. The van der Waals surface area contributed by atoms with Gasteiger partial charge < -0.3 is 10.6 Å². The quantitative estimate of drug-likeness (QED) is 0.713. The molecule has 0 amide bonds. The maximum atomic E-state index is 3.61. The second-order valence-corrected chi connectivity index (χ2v) is 2.65. The van der Waals surface area contributed by atoms with Crippen LogP contribution in [0.1, 0.15) is 5.56 Å². The van der Waals surface area contributed by atoms with Crippen molar-refractivity contribution in [3.05, 3.63) is 36.5 Å². The highest BCUT2D eigenvalue weighted by Crippen LogP contribution is 2.21. The van der Waals surface area contributed by atoms with Gasteiger partial charge in [-0.2, -0.15) is 0 Å². The van der Waals surface area contributed by atoms with Crippen molar-refractivity contribution in [2.45, 2.75) is 6.92 Å². The zero-order chi connectivity index (χ0) is 8.97. The third kappa shape index (κ3) is 1.78. The Morgan fingerprint density at radius 1 is 1.33 bits per heavy atom. The largest absolute Gasteiger partial charge is 0.386 e. The number of nitrogens with one attached hydrogen (secondary N) is 2. The molecule has 0 spiro atoms. The van der Waals surface area contributed by atoms with E-state index in [0.29, 0.717) is 0 Å². The molecule has 0 bridgehead atoms. The molecule has 0 aromatic heterocycles. The highest BCUT2D eigenvalue weighted by molar-refractivity contribution is 5.70. The summed E-state index contributed by atoms with van der Waals surface area (Å²) in [5.41, 5.74) is 3.39. The van der Waals surface area contributed by atoms with Crippen LogP contribution in [0.3, 0.4) is 0 Å². The van der Waals surface area contributed by atoms with E-state index in [1.165, 1.54) is 5.56 Å². The number of anilines is 2. The summed E-state index contributed by atoms with van der Waals surface area (Å²) in [4.78, 5) is 0. The molecule has 1 aromatic carbocycles. The summed E-state index contributed by atoms with van der Waals surface area (Å²) in [6.07, 6.45) is 1.67. The zero-order valence-corrected chi connectivity index (χ0v) is 7.52. The maximum absolute atomic E-state index is 3.61. The van der Waals surface area contributed by atoms with Crippen molar-refractivity contribution in [1.82, 2.24) is 0 Å². The lowest BCUT2D eigenvalue weighted by atomic mass is 10.2. The van der Waals surface area contributed by atoms with E-state index in [-0.39, 0.29) is 0 Å². The van der Waals surface area contributed by atoms with Crippen molar-refractivity contribution < 1.29 is 0 Å². The van der Waals surface area contributed by atoms with E-state index in [4.69, 9.17) is 0 Å². The molecule has 0 radical (unpaired) electrons. The van der Waals surface area contributed by atoms with Crippen LogP contribution in [0.5, 0.6) is 0 Å². The van der Waals surface area contributed by atoms with Crippen molar-refractivity contribution in [3.8, 4) is 0 Å². The van der Waals surface area contributed by atoms with Gasteiger partial charge in [0.25, 0.3) is 0 Å². The summed E-state index contributed by atoms with van der Waals surface area (Å²) in [5.74, 6) is 0. The normalized spacial score (nSPS) is 9.17. The first-order valence-electron chi connectivity index (χ1n) is 3.93. The third-order valence-corrected chi connectivity index (χ3v) is 1.70.